The topological polar surface area (TPSA) is 51.2 Å². The van der Waals surface area contributed by atoms with Crippen LogP contribution in [0.15, 0.2) is 85.2 Å². The monoisotopic (exact) mass is 404 g/mol. The van der Waals surface area contributed by atoms with Crippen LogP contribution in [0, 0.1) is 11.8 Å². The van der Waals surface area contributed by atoms with Crippen LogP contribution in [0.2, 0.25) is 0 Å². The summed E-state index contributed by atoms with van der Waals surface area (Å²) in [5.41, 5.74) is 5.70. The molecule has 5 rings (SSSR count). The van der Waals surface area contributed by atoms with E-state index >= 15 is 0 Å². The molecule has 1 aliphatic carbocycles. The molecule has 4 heteroatoms. The number of amides is 1. The number of carbonyl (C=O) groups excluding carboxylic acids is 1. The molecule has 1 N–H and O–H groups in total. The van der Waals surface area contributed by atoms with Gasteiger partial charge in [0.05, 0.1) is 6.54 Å². The van der Waals surface area contributed by atoms with Crippen molar-refractivity contribution >= 4 is 16.9 Å². The molecule has 0 bridgehead atoms. The summed E-state index contributed by atoms with van der Waals surface area (Å²) in [6.07, 6.45) is 3.10. The van der Waals surface area contributed by atoms with Crippen molar-refractivity contribution in [2.24, 2.45) is 0 Å². The molecule has 0 spiro atoms. The number of fused-ring (bicyclic) bond motifs is 4. The van der Waals surface area contributed by atoms with Gasteiger partial charge in [-0.1, -0.05) is 72.5 Å². The second-order valence-corrected chi connectivity index (χ2v) is 7.38. The number of pyridine rings is 1. The number of rotatable bonds is 3. The van der Waals surface area contributed by atoms with Crippen molar-refractivity contribution in [1.82, 2.24) is 10.3 Å². The van der Waals surface area contributed by atoms with Gasteiger partial charge in [0.15, 0.2) is 0 Å². The van der Waals surface area contributed by atoms with Crippen molar-refractivity contribution in [3.8, 4) is 23.0 Å². The van der Waals surface area contributed by atoms with E-state index in [1.54, 1.807) is 12.4 Å². The first-order valence-corrected chi connectivity index (χ1v) is 10.2. The number of hydrogen-bond donors (Lipinski definition) is 1. The summed E-state index contributed by atoms with van der Waals surface area (Å²) in [6.45, 7) is 0.510. The van der Waals surface area contributed by atoms with Crippen molar-refractivity contribution in [2.75, 3.05) is 13.2 Å². The molecule has 0 aliphatic heterocycles. The zero-order valence-electron chi connectivity index (χ0n) is 16.8. The van der Waals surface area contributed by atoms with Crippen molar-refractivity contribution < 1.29 is 9.53 Å². The smallest absolute Gasteiger partial charge is 0.407 e. The Bertz CT molecular complexity index is 1280. The van der Waals surface area contributed by atoms with Gasteiger partial charge < -0.3 is 10.1 Å². The molecule has 0 fully saturated rings. The van der Waals surface area contributed by atoms with Crippen LogP contribution in [0.3, 0.4) is 0 Å². The SMILES string of the molecule is O=C(NCC#Cc1cccc2ccncc12)OCC1c2ccccc2-c2ccccc21. The summed E-state index contributed by atoms with van der Waals surface area (Å²) in [7, 11) is 0. The van der Waals surface area contributed by atoms with E-state index in [0.29, 0.717) is 6.61 Å². The van der Waals surface area contributed by atoms with Crippen LogP contribution in [0.25, 0.3) is 21.9 Å². The highest BCUT2D eigenvalue weighted by Gasteiger charge is 2.28. The summed E-state index contributed by atoms with van der Waals surface area (Å²) >= 11 is 0. The Balaban J connectivity index is 1.21. The minimum absolute atomic E-state index is 0.0485. The van der Waals surface area contributed by atoms with E-state index in [1.807, 2.05) is 48.5 Å². The predicted octanol–water partition coefficient (Wildman–Crippen LogP) is 5.13. The van der Waals surface area contributed by atoms with Gasteiger partial charge in [0.25, 0.3) is 0 Å². The Labute approximate surface area is 180 Å². The lowest BCUT2D eigenvalue weighted by molar-refractivity contribution is 0.144. The van der Waals surface area contributed by atoms with Crippen LogP contribution >= 0.6 is 0 Å². The highest BCUT2D eigenvalue weighted by Crippen LogP contribution is 2.44. The molecule has 0 radical (unpaired) electrons. The van der Waals surface area contributed by atoms with E-state index in [2.05, 4.69) is 46.4 Å². The van der Waals surface area contributed by atoms with Gasteiger partial charge in [0, 0.05) is 29.3 Å². The first-order valence-electron chi connectivity index (χ1n) is 10.2. The second kappa shape index (κ2) is 8.33. The van der Waals surface area contributed by atoms with Gasteiger partial charge in [-0.15, -0.1) is 0 Å². The molecule has 3 aromatic carbocycles. The Morgan fingerprint density at radius 3 is 2.45 bits per heavy atom. The lowest BCUT2D eigenvalue weighted by Gasteiger charge is -2.14. The van der Waals surface area contributed by atoms with Crippen LogP contribution in [-0.4, -0.2) is 24.2 Å². The fourth-order valence-electron chi connectivity index (χ4n) is 4.13. The van der Waals surface area contributed by atoms with Crippen molar-refractivity contribution in [3.63, 3.8) is 0 Å². The maximum absolute atomic E-state index is 12.2. The van der Waals surface area contributed by atoms with Crippen LogP contribution < -0.4 is 5.32 Å². The number of benzene rings is 3. The number of aromatic nitrogens is 1. The third-order valence-corrected chi connectivity index (χ3v) is 5.57. The number of nitrogens with one attached hydrogen (secondary N) is 1. The molecule has 0 saturated carbocycles. The zero-order chi connectivity index (χ0) is 21.0. The normalized spacial score (nSPS) is 11.9. The molecule has 31 heavy (non-hydrogen) atoms. The molecule has 0 unspecified atom stereocenters. The number of alkyl carbamates (subject to hydrolysis) is 1. The average molecular weight is 404 g/mol. The van der Waals surface area contributed by atoms with Crippen molar-refractivity contribution in [2.45, 2.75) is 5.92 Å². The Morgan fingerprint density at radius 1 is 0.935 bits per heavy atom. The predicted molar refractivity (Wildman–Crippen MR) is 122 cm³/mol. The molecule has 4 aromatic rings. The highest BCUT2D eigenvalue weighted by molar-refractivity contribution is 5.87. The number of ether oxygens (including phenoxy) is 1. The van der Waals surface area contributed by atoms with Crippen LogP contribution in [0.4, 0.5) is 4.79 Å². The first-order chi connectivity index (χ1) is 15.3. The average Bonchev–Trinajstić information content (AvgIpc) is 3.14. The van der Waals surface area contributed by atoms with Gasteiger partial charge in [-0.25, -0.2) is 4.79 Å². The number of nitrogens with zero attached hydrogens (tertiary/aromatic N) is 1. The molecule has 0 atom stereocenters. The zero-order valence-corrected chi connectivity index (χ0v) is 16.8. The molecule has 1 aromatic heterocycles. The Kier molecular flexibility index (Phi) is 5.08. The largest absolute Gasteiger partial charge is 0.449 e. The number of hydrogen-bond acceptors (Lipinski definition) is 3. The van der Waals surface area contributed by atoms with E-state index in [-0.39, 0.29) is 12.5 Å². The number of carbonyl (C=O) groups is 1. The minimum atomic E-state index is -0.462. The molecular formula is C27H20N2O2. The highest BCUT2D eigenvalue weighted by atomic mass is 16.5. The third-order valence-electron chi connectivity index (χ3n) is 5.57. The fourth-order valence-corrected chi connectivity index (χ4v) is 4.13. The van der Waals surface area contributed by atoms with Crippen molar-refractivity contribution in [3.05, 3.63) is 102 Å². The first kappa shape index (κ1) is 18.9. The summed E-state index contributed by atoms with van der Waals surface area (Å²) < 4.78 is 5.53. The van der Waals surface area contributed by atoms with Gasteiger partial charge in [-0.2, -0.15) is 0 Å². The third kappa shape index (κ3) is 3.74. The molecule has 1 heterocycles. The summed E-state index contributed by atoms with van der Waals surface area (Å²) in [5.74, 6) is 6.15. The summed E-state index contributed by atoms with van der Waals surface area (Å²) in [6, 6.07) is 24.5. The van der Waals surface area contributed by atoms with Crippen LogP contribution in [0.1, 0.15) is 22.6 Å². The quantitative estimate of drug-likeness (QED) is 0.482. The van der Waals surface area contributed by atoms with E-state index in [9.17, 15) is 4.79 Å². The molecule has 150 valence electrons. The maximum Gasteiger partial charge on any atom is 0.407 e. The molecule has 0 saturated heterocycles. The van der Waals surface area contributed by atoms with Crippen LogP contribution in [-0.2, 0) is 4.74 Å². The van der Waals surface area contributed by atoms with E-state index in [0.717, 1.165) is 16.3 Å². The summed E-state index contributed by atoms with van der Waals surface area (Å²) in [5, 5.41) is 4.81. The van der Waals surface area contributed by atoms with E-state index in [4.69, 9.17) is 4.74 Å². The van der Waals surface area contributed by atoms with Gasteiger partial charge in [0.2, 0.25) is 0 Å². The lowest BCUT2D eigenvalue weighted by atomic mass is 9.98. The standard InChI is InChI=1S/C27H20N2O2/c30-27(29-15-6-9-19-7-5-8-20-14-16-28-17-25(19)20)31-18-26-23-12-3-1-10-21(23)22-11-2-4-13-24(22)26/h1-5,7-8,10-14,16-17,26H,15,18H2,(H,29,30). The fraction of sp³-hybridized carbons (Fsp3) is 0.111. The van der Waals surface area contributed by atoms with Gasteiger partial charge in [0.1, 0.15) is 6.61 Å². The Hall–Kier alpha value is -4.10. The maximum atomic E-state index is 12.2. The van der Waals surface area contributed by atoms with Gasteiger partial charge in [-0.05, 0) is 39.8 Å². The molecule has 4 nitrogen and oxygen atoms in total. The molecule has 1 aliphatic rings. The van der Waals surface area contributed by atoms with Gasteiger partial charge in [-0.3, -0.25) is 4.98 Å². The minimum Gasteiger partial charge on any atom is -0.449 e. The van der Waals surface area contributed by atoms with Crippen LogP contribution in [0.5, 0.6) is 0 Å². The van der Waals surface area contributed by atoms with Gasteiger partial charge >= 0.3 is 6.09 Å². The molecule has 1 amide bonds. The Morgan fingerprint density at radius 2 is 1.68 bits per heavy atom. The lowest BCUT2D eigenvalue weighted by Crippen LogP contribution is -2.26. The van der Waals surface area contributed by atoms with E-state index in [1.165, 1.54) is 22.3 Å². The van der Waals surface area contributed by atoms with E-state index < -0.39 is 6.09 Å². The van der Waals surface area contributed by atoms with Crippen molar-refractivity contribution in [1.29, 1.82) is 0 Å². The molecular weight excluding hydrogens is 384 g/mol. The second-order valence-electron chi connectivity index (χ2n) is 7.38. The summed E-state index contributed by atoms with van der Waals surface area (Å²) in [4.78, 5) is 16.4.